The van der Waals surface area contributed by atoms with Crippen LogP contribution in [0.4, 0.5) is 4.79 Å². The van der Waals surface area contributed by atoms with Crippen molar-refractivity contribution in [3.8, 4) is 0 Å². The molecule has 0 spiro atoms. The molecule has 3 rings (SSSR count). The largest absolute Gasteiger partial charge is 0.465 e. The van der Waals surface area contributed by atoms with Gasteiger partial charge in [0.25, 0.3) is 0 Å². The van der Waals surface area contributed by atoms with E-state index in [0.29, 0.717) is 5.92 Å². The Labute approximate surface area is 170 Å². The van der Waals surface area contributed by atoms with E-state index in [2.05, 4.69) is 59.1 Å². The lowest BCUT2D eigenvalue weighted by Crippen LogP contribution is -2.67. The molecule has 0 aromatic heterocycles. The molecule has 4 atom stereocenters. The number of hydrogen-bond donors (Lipinski definition) is 2. The first-order valence-electron chi connectivity index (χ1n) is 9.78. The number of hydrogen-bond acceptors (Lipinski definition) is 2. The standard InChI is InChI=1S/C21H30INO3/c1-3-4-5-10-18(26-2)21(23-19(24)25)14-15-11-12-20(21,13-15)16-8-6-7-9-17(16)22/h6-9,15,18,23H,3-5,10-14H2,1-2H3,(H,24,25)/t15?,18?,20-,21+/m0/s1. The Balaban J connectivity index is 2.07. The van der Waals surface area contributed by atoms with Crippen molar-refractivity contribution in [1.82, 2.24) is 5.32 Å². The fourth-order valence-electron chi connectivity index (χ4n) is 5.74. The lowest BCUT2D eigenvalue weighted by Gasteiger charge is -2.51. The predicted octanol–water partition coefficient (Wildman–Crippen LogP) is 5.33. The Morgan fingerprint density at radius 3 is 2.77 bits per heavy atom. The van der Waals surface area contributed by atoms with Gasteiger partial charge in [0.05, 0.1) is 11.6 Å². The molecule has 2 unspecified atom stereocenters. The second-order valence-corrected chi connectivity index (χ2v) is 9.16. The van der Waals surface area contributed by atoms with Crippen molar-refractivity contribution in [2.45, 2.75) is 75.3 Å². The highest BCUT2D eigenvalue weighted by molar-refractivity contribution is 14.1. The first-order chi connectivity index (χ1) is 12.5. The normalized spacial score (nSPS) is 31.1. The fraction of sp³-hybridized carbons (Fsp3) is 0.667. The molecule has 1 amide bonds. The number of halogens is 1. The quantitative estimate of drug-likeness (QED) is 0.398. The van der Waals surface area contributed by atoms with Crippen LogP contribution in [0, 0.1) is 9.49 Å². The summed E-state index contributed by atoms with van der Waals surface area (Å²) in [5, 5.41) is 12.8. The van der Waals surface area contributed by atoms with Crippen LogP contribution in [0.25, 0.3) is 0 Å². The Morgan fingerprint density at radius 1 is 1.38 bits per heavy atom. The van der Waals surface area contributed by atoms with Gasteiger partial charge in [0.2, 0.25) is 0 Å². The van der Waals surface area contributed by atoms with Crippen molar-refractivity contribution in [3.05, 3.63) is 33.4 Å². The Hall–Kier alpha value is -0.820. The molecule has 2 saturated carbocycles. The molecule has 4 nitrogen and oxygen atoms in total. The Morgan fingerprint density at radius 2 is 2.15 bits per heavy atom. The summed E-state index contributed by atoms with van der Waals surface area (Å²) in [6.07, 6.45) is 7.42. The number of unbranched alkanes of at least 4 members (excludes halogenated alkanes) is 2. The van der Waals surface area contributed by atoms with Crippen LogP contribution in [0.1, 0.15) is 63.9 Å². The smallest absolute Gasteiger partial charge is 0.405 e. The highest BCUT2D eigenvalue weighted by atomic mass is 127. The first-order valence-corrected chi connectivity index (χ1v) is 10.9. The van der Waals surface area contributed by atoms with E-state index in [1.54, 1.807) is 7.11 Å². The van der Waals surface area contributed by atoms with Crippen LogP contribution >= 0.6 is 22.6 Å². The summed E-state index contributed by atoms with van der Waals surface area (Å²) in [5.74, 6) is 0.571. The van der Waals surface area contributed by atoms with E-state index in [1.807, 2.05) is 0 Å². The Bertz CT molecular complexity index is 652. The van der Waals surface area contributed by atoms with Gasteiger partial charge in [0, 0.05) is 16.1 Å². The third kappa shape index (κ3) is 3.26. The number of ether oxygens (including phenoxy) is 1. The van der Waals surface area contributed by atoms with Crippen LogP contribution < -0.4 is 5.32 Å². The minimum absolute atomic E-state index is 0.0912. The molecule has 2 N–H and O–H groups in total. The number of methoxy groups -OCH3 is 1. The summed E-state index contributed by atoms with van der Waals surface area (Å²) in [6, 6.07) is 8.49. The van der Waals surface area contributed by atoms with Crippen molar-refractivity contribution in [2.24, 2.45) is 5.92 Å². The number of benzene rings is 1. The van der Waals surface area contributed by atoms with E-state index in [1.165, 1.54) is 15.6 Å². The maximum atomic E-state index is 11.9. The average molecular weight is 471 g/mol. The van der Waals surface area contributed by atoms with Crippen molar-refractivity contribution in [2.75, 3.05) is 7.11 Å². The maximum absolute atomic E-state index is 11.9. The lowest BCUT2D eigenvalue weighted by atomic mass is 9.61. The van der Waals surface area contributed by atoms with Crippen LogP contribution in [0.15, 0.2) is 24.3 Å². The SMILES string of the molecule is CCCCCC(OC)[C@]1(NC(=O)O)CC2CC[C@@]1(c1ccccc1I)C2. The van der Waals surface area contributed by atoms with Gasteiger partial charge >= 0.3 is 6.09 Å². The van der Waals surface area contributed by atoms with Crippen LogP contribution in [0.2, 0.25) is 0 Å². The molecule has 0 aliphatic heterocycles. The predicted molar refractivity (Wildman–Crippen MR) is 112 cm³/mol. The third-order valence-electron chi connectivity index (χ3n) is 6.70. The Kier molecular flexibility index (Phi) is 6.17. The minimum atomic E-state index is -0.930. The zero-order valence-corrected chi connectivity index (χ0v) is 17.9. The van der Waals surface area contributed by atoms with Crippen LogP contribution in [0.5, 0.6) is 0 Å². The summed E-state index contributed by atoms with van der Waals surface area (Å²) >= 11 is 2.41. The molecule has 0 heterocycles. The van der Waals surface area contributed by atoms with Gasteiger partial charge in [-0.15, -0.1) is 0 Å². The van der Waals surface area contributed by atoms with E-state index in [-0.39, 0.29) is 11.5 Å². The van der Waals surface area contributed by atoms with Crippen molar-refractivity contribution < 1.29 is 14.6 Å². The summed E-state index contributed by atoms with van der Waals surface area (Å²) in [6.45, 7) is 2.19. The molecule has 144 valence electrons. The molecular weight excluding hydrogens is 441 g/mol. The fourth-order valence-corrected chi connectivity index (χ4v) is 6.64. The molecule has 0 saturated heterocycles. The zero-order valence-electron chi connectivity index (χ0n) is 15.8. The van der Waals surface area contributed by atoms with Crippen molar-refractivity contribution >= 4 is 28.7 Å². The molecule has 5 heteroatoms. The molecular formula is C21H30INO3. The molecule has 1 aromatic rings. The summed E-state index contributed by atoms with van der Waals surface area (Å²) in [4.78, 5) is 11.9. The molecule has 2 aliphatic rings. The maximum Gasteiger partial charge on any atom is 0.405 e. The van der Waals surface area contributed by atoms with Crippen LogP contribution in [0.3, 0.4) is 0 Å². The molecule has 26 heavy (non-hydrogen) atoms. The third-order valence-corrected chi connectivity index (χ3v) is 7.65. The number of fused-ring (bicyclic) bond motifs is 2. The van der Waals surface area contributed by atoms with E-state index in [4.69, 9.17) is 4.74 Å². The topological polar surface area (TPSA) is 58.6 Å². The van der Waals surface area contributed by atoms with Crippen molar-refractivity contribution in [1.29, 1.82) is 0 Å². The monoisotopic (exact) mass is 471 g/mol. The number of amides is 1. The molecule has 2 bridgehead atoms. The zero-order chi connectivity index (χ0) is 18.8. The first kappa shape index (κ1) is 19.9. The van der Waals surface area contributed by atoms with E-state index in [9.17, 15) is 9.90 Å². The number of carboxylic acid groups (broad SMARTS) is 1. The average Bonchev–Trinajstić information content (AvgIpc) is 3.16. The van der Waals surface area contributed by atoms with Gasteiger partial charge in [-0.05, 0) is 72.2 Å². The van der Waals surface area contributed by atoms with Crippen LogP contribution in [-0.2, 0) is 10.2 Å². The minimum Gasteiger partial charge on any atom is -0.465 e. The van der Waals surface area contributed by atoms with Gasteiger partial charge in [-0.2, -0.15) is 0 Å². The highest BCUT2D eigenvalue weighted by Crippen LogP contribution is 2.63. The van der Waals surface area contributed by atoms with Gasteiger partial charge in [-0.25, -0.2) is 4.79 Å². The van der Waals surface area contributed by atoms with Gasteiger partial charge < -0.3 is 15.2 Å². The van der Waals surface area contributed by atoms with E-state index < -0.39 is 11.6 Å². The number of nitrogens with one attached hydrogen (secondary N) is 1. The molecule has 1 aromatic carbocycles. The second kappa shape index (κ2) is 8.05. The molecule has 2 aliphatic carbocycles. The number of rotatable bonds is 8. The number of carbonyl (C=O) groups is 1. The van der Waals surface area contributed by atoms with Gasteiger partial charge in [0.1, 0.15) is 0 Å². The van der Waals surface area contributed by atoms with Crippen LogP contribution in [-0.4, -0.2) is 30.0 Å². The van der Waals surface area contributed by atoms with E-state index >= 15 is 0 Å². The summed E-state index contributed by atoms with van der Waals surface area (Å²) in [5.41, 5.74) is 0.596. The molecule has 0 radical (unpaired) electrons. The summed E-state index contributed by atoms with van der Waals surface area (Å²) < 4.78 is 7.23. The summed E-state index contributed by atoms with van der Waals surface area (Å²) in [7, 11) is 1.75. The molecule has 2 fully saturated rings. The lowest BCUT2D eigenvalue weighted by molar-refractivity contribution is -0.0274. The van der Waals surface area contributed by atoms with Gasteiger partial charge in [-0.3, -0.25) is 0 Å². The van der Waals surface area contributed by atoms with E-state index in [0.717, 1.165) is 44.9 Å². The van der Waals surface area contributed by atoms with Crippen molar-refractivity contribution in [3.63, 3.8) is 0 Å². The second-order valence-electron chi connectivity index (χ2n) is 8.00. The van der Waals surface area contributed by atoms with Gasteiger partial charge in [-0.1, -0.05) is 44.4 Å². The van der Waals surface area contributed by atoms with Gasteiger partial charge in [0.15, 0.2) is 0 Å². The highest BCUT2D eigenvalue weighted by Gasteiger charge is 2.66.